The molecule has 0 amide bonds. The van der Waals surface area contributed by atoms with Crippen LogP contribution in [0.3, 0.4) is 0 Å². The van der Waals surface area contributed by atoms with E-state index in [0.717, 1.165) is 12.8 Å². The molecule has 80 heavy (non-hydrogen) atoms. The van der Waals surface area contributed by atoms with E-state index in [1.165, 1.54) is 171 Å². The molecule has 0 N–H and O–H groups in total. The number of hydrogen-bond donors (Lipinski definition) is 0. The summed E-state index contributed by atoms with van der Waals surface area (Å²) >= 11 is 1.95. The maximum absolute atomic E-state index is 2.85. The molecule has 400 valence electrons. The molecule has 2 atom stereocenters. The Morgan fingerprint density at radius 1 is 0.388 bits per heavy atom. The normalized spacial score (nSPS) is 23.4. The van der Waals surface area contributed by atoms with Gasteiger partial charge in [0.15, 0.2) is 0 Å². The number of anilines is 8. The molecule has 3 nitrogen and oxygen atoms in total. The summed E-state index contributed by atoms with van der Waals surface area (Å²) in [6, 6.07) is 58.9. The van der Waals surface area contributed by atoms with E-state index in [4.69, 9.17) is 0 Å². The molecule has 9 aromatic rings. The topological polar surface area (TPSA) is 9.72 Å². The van der Waals surface area contributed by atoms with Crippen molar-refractivity contribution < 1.29 is 0 Å². The molecule has 2 unspecified atom stereocenters. The monoisotopic (exact) mass is 1060 g/mol. The first-order valence-corrected chi connectivity index (χ1v) is 31.2. The van der Waals surface area contributed by atoms with Crippen molar-refractivity contribution in [1.29, 1.82) is 0 Å². The van der Waals surface area contributed by atoms with Gasteiger partial charge in [0.05, 0.1) is 15.9 Å². The molecule has 4 heterocycles. The van der Waals surface area contributed by atoms with E-state index >= 15 is 0 Å². The molecule has 0 saturated heterocycles. The van der Waals surface area contributed by atoms with Crippen molar-refractivity contribution >= 4 is 100 Å². The summed E-state index contributed by atoms with van der Waals surface area (Å²) in [5, 5.41) is 2.66. The first kappa shape index (κ1) is 49.3. The summed E-state index contributed by atoms with van der Waals surface area (Å²) in [6.45, 7) is 30.2. The van der Waals surface area contributed by atoms with Crippen molar-refractivity contribution in [3.05, 3.63) is 185 Å². The number of nitrogens with zero attached hydrogens (tertiary/aromatic N) is 3. The Hall–Kier alpha value is -6.56. The van der Waals surface area contributed by atoms with Crippen LogP contribution in [0.1, 0.15) is 173 Å². The number of para-hydroxylation sites is 1. The third-order valence-electron chi connectivity index (χ3n) is 22.7. The van der Waals surface area contributed by atoms with E-state index in [9.17, 15) is 0 Å². The molecule has 8 aromatic carbocycles. The van der Waals surface area contributed by atoms with Crippen molar-refractivity contribution in [3.8, 4) is 11.1 Å². The minimum absolute atomic E-state index is 0.00612. The highest BCUT2D eigenvalue weighted by Gasteiger charge is 2.58. The van der Waals surface area contributed by atoms with Crippen LogP contribution in [0.25, 0.3) is 31.3 Å². The first-order chi connectivity index (χ1) is 38.1. The second-order valence-electron chi connectivity index (χ2n) is 29.3. The molecule has 4 aliphatic carbocycles. The van der Waals surface area contributed by atoms with Gasteiger partial charge >= 0.3 is 0 Å². The van der Waals surface area contributed by atoms with Gasteiger partial charge in [-0.3, -0.25) is 0 Å². The van der Waals surface area contributed by atoms with Crippen molar-refractivity contribution in [2.75, 3.05) is 14.7 Å². The number of benzene rings is 8. The van der Waals surface area contributed by atoms with Crippen LogP contribution in [-0.2, 0) is 32.5 Å². The third kappa shape index (κ3) is 6.29. The SMILES string of the molecule is CC1(C)CCC(C)(C)c2cc(N3c4cc5c(cc4B4c6cc7c(cc6N(c6cccc8c6sc6ccccc68)c6cc(N8c9ccccc9C9(C)CCCCC89C)cc3c64)-c3ccccc3C7(C)C)C(C)(C)CCC5(C)C)ccc21. The molecular formula is C75H76BN3S. The van der Waals surface area contributed by atoms with E-state index in [-0.39, 0.29) is 44.7 Å². The predicted octanol–water partition coefficient (Wildman–Crippen LogP) is 18.9. The zero-order valence-electron chi connectivity index (χ0n) is 49.3. The van der Waals surface area contributed by atoms with Gasteiger partial charge in [-0.1, -0.05) is 180 Å². The summed E-state index contributed by atoms with van der Waals surface area (Å²) in [6.07, 6.45) is 9.50. The Bertz CT molecular complexity index is 4210. The Labute approximate surface area is 480 Å². The maximum Gasteiger partial charge on any atom is 0.252 e. The van der Waals surface area contributed by atoms with Crippen LogP contribution in [0.4, 0.5) is 45.5 Å². The summed E-state index contributed by atoms with van der Waals surface area (Å²) in [5.74, 6) is 0. The van der Waals surface area contributed by atoms with Gasteiger partial charge in [0, 0.05) is 66.1 Å². The molecule has 16 rings (SSSR count). The molecule has 1 fully saturated rings. The number of thiophene rings is 1. The van der Waals surface area contributed by atoms with Gasteiger partial charge in [-0.2, -0.15) is 0 Å². The Balaban J connectivity index is 1.08. The molecule has 0 spiro atoms. The van der Waals surface area contributed by atoms with Crippen LogP contribution < -0.4 is 31.1 Å². The molecule has 1 saturated carbocycles. The van der Waals surface area contributed by atoms with Gasteiger partial charge in [0.25, 0.3) is 6.71 Å². The van der Waals surface area contributed by atoms with E-state index in [0.29, 0.717) is 0 Å². The number of hydrogen-bond acceptors (Lipinski definition) is 4. The molecule has 7 aliphatic rings. The second-order valence-corrected chi connectivity index (χ2v) is 30.3. The zero-order chi connectivity index (χ0) is 55.0. The van der Waals surface area contributed by atoms with Crippen LogP contribution in [0, 0.1) is 0 Å². The Morgan fingerprint density at radius 3 is 1.71 bits per heavy atom. The fraction of sp³-hybridized carbons (Fsp3) is 0.360. The van der Waals surface area contributed by atoms with Crippen LogP contribution in [0.2, 0.25) is 0 Å². The van der Waals surface area contributed by atoms with Crippen LogP contribution >= 0.6 is 11.3 Å². The lowest BCUT2D eigenvalue weighted by molar-refractivity contribution is 0.195. The van der Waals surface area contributed by atoms with Crippen LogP contribution in [-0.4, -0.2) is 12.3 Å². The number of rotatable bonds is 3. The van der Waals surface area contributed by atoms with E-state index < -0.39 is 0 Å². The smallest absolute Gasteiger partial charge is 0.252 e. The predicted molar refractivity (Wildman–Crippen MR) is 344 cm³/mol. The molecule has 1 aromatic heterocycles. The fourth-order valence-corrected chi connectivity index (χ4v) is 18.8. The van der Waals surface area contributed by atoms with Crippen LogP contribution in [0.15, 0.2) is 146 Å². The van der Waals surface area contributed by atoms with Crippen molar-refractivity contribution in [2.24, 2.45) is 0 Å². The average molecular weight is 1060 g/mol. The highest BCUT2D eigenvalue weighted by atomic mass is 32.1. The minimum atomic E-state index is -0.176. The van der Waals surface area contributed by atoms with E-state index in [2.05, 4.69) is 243 Å². The first-order valence-electron chi connectivity index (χ1n) is 30.3. The molecule has 5 heteroatoms. The van der Waals surface area contributed by atoms with E-state index in [1.54, 1.807) is 0 Å². The molecule has 0 radical (unpaired) electrons. The van der Waals surface area contributed by atoms with Crippen molar-refractivity contribution in [3.63, 3.8) is 0 Å². The fourth-order valence-electron chi connectivity index (χ4n) is 17.6. The third-order valence-corrected chi connectivity index (χ3v) is 23.9. The van der Waals surface area contributed by atoms with Gasteiger partial charge in [-0.15, -0.1) is 11.3 Å². The molecular weight excluding hydrogens is 986 g/mol. The summed E-state index contributed by atoms with van der Waals surface area (Å²) in [7, 11) is 0. The molecule has 0 bridgehead atoms. The lowest BCUT2D eigenvalue weighted by atomic mass is 9.33. The highest BCUT2D eigenvalue weighted by molar-refractivity contribution is 7.26. The summed E-state index contributed by atoms with van der Waals surface area (Å²) in [5.41, 5.74) is 27.6. The summed E-state index contributed by atoms with van der Waals surface area (Å²) < 4.78 is 2.67. The highest BCUT2D eigenvalue weighted by Crippen LogP contribution is 2.63. The Kier molecular flexibility index (Phi) is 9.80. The average Bonchev–Trinajstić information content (AvgIpc) is 2.69. The lowest BCUT2D eigenvalue weighted by Gasteiger charge is -2.51. The van der Waals surface area contributed by atoms with Gasteiger partial charge < -0.3 is 14.7 Å². The lowest BCUT2D eigenvalue weighted by Crippen LogP contribution is -2.62. The second kappa shape index (κ2) is 15.9. The number of fused-ring (bicyclic) bond motifs is 15. The summed E-state index contributed by atoms with van der Waals surface area (Å²) in [4.78, 5) is 8.43. The van der Waals surface area contributed by atoms with E-state index in [1.807, 2.05) is 11.3 Å². The standard InChI is InChI=1S/C75H76BN3S/c1-69(2)34-35-70(3,4)55-38-45(30-31-52(55)69)77-63-44-57-56(71(5,6)36-37-72(57,7)8)43-59(63)76-58-42-54-50(47-22-13-15-25-51(47)73(54,9)10)41-62(58)78(61-28-21-24-49-48-23-14-18-29-66(48)80-68(49)61)65-40-46(39-64(77)67(65)76)79-60-27-17-16-26-53(60)74(11)32-19-20-33-75(74,79)12/h13-18,21-31,38-44H,19-20,32-37H2,1-12H3. The minimum Gasteiger partial charge on any atom is -0.334 e. The maximum atomic E-state index is 2.85. The largest absolute Gasteiger partial charge is 0.334 e. The van der Waals surface area contributed by atoms with Gasteiger partial charge in [-0.25, -0.2) is 0 Å². The van der Waals surface area contributed by atoms with Gasteiger partial charge in [-0.05, 0) is 188 Å². The van der Waals surface area contributed by atoms with Crippen molar-refractivity contribution in [1.82, 2.24) is 0 Å². The Morgan fingerprint density at radius 2 is 0.963 bits per heavy atom. The van der Waals surface area contributed by atoms with Crippen LogP contribution in [0.5, 0.6) is 0 Å². The zero-order valence-corrected chi connectivity index (χ0v) is 50.2. The van der Waals surface area contributed by atoms with Gasteiger partial charge in [0.1, 0.15) is 0 Å². The molecule has 3 aliphatic heterocycles. The quantitative estimate of drug-likeness (QED) is 0.163. The van der Waals surface area contributed by atoms with Gasteiger partial charge in [0.2, 0.25) is 0 Å². The van der Waals surface area contributed by atoms with Crippen molar-refractivity contribution in [2.45, 2.75) is 172 Å².